The van der Waals surface area contributed by atoms with Crippen molar-refractivity contribution in [1.29, 1.82) is 0 Å². The van der Waals surface area contributed by atoms with Gasteiger partial charge in [0.25, 0.3) is 0 Å². The number of urea groups is 1. The molecule has 2 N–H and O–H groups in total. The van der Waals surface area contributed by atoms with E-state index in [1.54, 1.807) is 0 Å². The highest BCUT2D eigenvalue weighted by Gasteiger charge is 2.17. The lowest BCUT2D eigenvalue weighted by molar-refractivity contribution is 0.232. The molecule has 82 valence electrons. The maximum Gasteiger partial charge on any atom is 0.315 e. The molecule has 1 rings (SSSR count). The smallest absolute Gasteiger partial charge is 0.315 e. The molecule has 1 saturated carbocycles. The first kappa shape index (κ1) is 11.3. The lowest BCUT2D eigenvalue weighted by Crippen LogP contribution is -2.45. The van der Waals surface area contributed by atoms with Crippen molar-refractivity contribution in [1.82, 2.24) is 10.6 Å². The van der Waals surface area contributed by atoms with Crippen LogP contribution in [0, 0.1) is 0 Å². The van der Waals surface area contributed by atoms with Gasteiger partial charge in [0.15, 0.2) is 0 Å². The predicted molar refractivity (Wildman–Crippen MR) is 58.3 cm³/mol. The Morgan fingerprint density at radius 2 is 1.86 bits per heavy atom. The molecule has 0 spiro atoms. The SMILES string of the molecule is CCC(CC)NC(=O)NC1CCCC1. The lowest BCUT2D eigenvalue weighted by atomic mass is 10.2. The molecule has 1 aliphatic carbocycles. The molecule has 14 heavy (non-hydrogen) atoms. The quantitative estimate of drug-likeness (QED) is 0.715. The predicted octanol–water partition coefficient (Wildman–Crippen LogP) is 2.42. The van der Waals surface area contributed by atoms with Crippen LogP contribution in [0.2, 0.25) is 0 Å². The molecule has 3 nitrogen and oxygen atoms in total. The molecule has 0 atom stereocenters. The fourth-order valence-corrected chi connectivity index (χ4v) is 1.98. The largest absolute Gasteiger partial charge is 0.335 e. The second-order valence-corrected chi connectivity index (χ2v) is 4.11. The third-order valence-corrected chi connectivity index (χ3v) is 3.01. The molecular formula is C11H22N2O. The van der Waals surface area contributed by atoms with E-state index in [9.17, 15) is 4.79 Å². The van der Waals surface area contributed by atoms with Crippen molar-refractivity contribution in [3.05, 3.63) is 0 Å². The zero-order valence-electron chi connectivity index (χ0n) is 9.31. The van der Waals surface area contributed by atoms with E-state index < -0.39 is 0 Å². The Labute approximate surface area is 86.6 Å². The minimum absolute atomic E-state index is 0.0191. The number of nitrogens with one attached hydrogen (secondary N) is 2. The van der Waals surface area contributed by atoms with Gasteiger partial charge in [0.1, 0.15) is 0 Å². The van der Waals surface area contributed by atoms with Crippen LogP contribution in [0.1, 0.15) is 52.4 Å². The third kappa shape index (κ3) is 3.56. The summed E-state index contributed by atoms with van der Waals surface area (Å²) in [5, 5.41) is 6.02. The number of carbonyl (C=O) groups excluding carboxylic acids is 1. The highest BCUT2D eigenvalue weighted by molar-refractivity contribution is 5.74. The first-order valence-corrected chi connectivity index (χ1v) is 5.83. The monoisotopic (exact) mass is 198 g/mol. The number of hydrogen-bond acceptors (Lipinski definition) is 1. The third-order valence-electron chi connectivity index (χ3n) is 3.01. The second kappa shape index (κ2) is 5.89. The van der Waals surface area contributed by atoms with E-state index in [0.29, 0.717) is 12.1 Å². The van der Waals surface area contributed by atoms with Crippen LogP contribution in [-0.2, 0) is 0 Å². The van der Waals surface area contributed by atoms with E-state index in [1.807, 2.05) is 0 Å². The van der Waals surface area contributed by atoms with Gasteiger partial charge in [0.05, 0.1) is 0 Å². The van der Waals surface area contributed by atoms with Crippen molar-refractivity contribution in [2.45, 2.75) is 64.5 Å². The van der Waals surface area contributed by atoms with Crippen LogP contribution < -0.4 is 10.6 Å². The van der Waals surface area contributed by atoms with Crippen molar-refractivity contribution >= 4 is 6.03 Å². The van der Waals surface area contributed by atoms with Crippen LogP contribution in [0.25, 0.3) is 0 Å². The van der Waals surface area contributed by atoms with E-state index in [0.717, 1.165) is 25.7 Å². The van der Waals surface area contributed by atoms with Gasteiger partial charge < -0.3 is 10.6 Å². The maximum absolute atomic E-state index is 11.5. The fourth-order valence-electron chi connectivity index (χ4n) is 1.98. The zero-order valence-corrected chi connectivity index (χ0v) is 9.31. The summed E-state index contributed by atoms with van der Waals surface area (Å²) in [5.74, 6) is 0. The zero-order chi connectivity index (χ0) is 10.4. The van der Waals surface area contributed by atoms with E-state index in [-0.39, 0.29) is 6.03 Å². The van der Waals surface area contributed by atoms with Gasteiger partial charge in [-0.15, -0.1) is 0 Å². The highest BCUT2D eigenvalue weighted by atomic mass is 16.2. The van der Waals surface area contributed by atoms with Crippen LogP contribution in [0.5, 0.6) is 0 Å². The number of hydrogen-bond donors (Lipinski definition) is 2. The average molecular weight is 198 g/mol. The molecule has 0 aliphatic heterocycles. The Bertz CT molecular complexity index is 166. The first-order valence-electron chi connectivity index (χ1n) is 5.83. The number of rotatable bonds is 4. The molecule has 1 fully saturated rings. The van der Waals surface area contributed by atoms with Crippen molar-refractivity contribution < 1.29 is 4.79 Å². The Hall–Kier alpha value is -0.730. The molecule has 0 radical (unpaired) electrons. The molecular weight excluding hydrogens is 176 g/mol. The van der Waals surface area contributed by atoms with Gasteiger partial charge in [-0.25, -0.2) is 4.79 Å². The minimum Gasteiger partial charge on any atom is -0.335 e. The van der Waals surface area contributed by atoms with Gasteiger partial charge in [0, 0.05) is 12.1 Å². The Morgan fingerprint density at radius 1 is 1.29 bits per heavy atom. The fraction of sp³-hybridized carbons (Fsp3) is 0.909. The average Bonchev–Trinajstić information content (AvgIpc) is 2.66. The highest BCUT2D eigenvalue weighted by Crippen LogP contribution is 2.17. The maximum atomic E-state index is 11.5. The number of amides is 2. The molecule has 1 aliphatic rings. The topological polar surface area (TPSA) is 41.1 Å². The standard InChI is InChI=1S/C11H22N2O/c1-3-9(4-2)12-11(14)13-10-7-5-6-8-10/h9-10H,3-8H2,1-2H3,(H2,12,13,14). The molecule has 0 heterocycles. The van der Waals surface area contributed by atoms with Gasteiger partial charge in [-0.2, -0.15) is 0 Å². The van der Waals surface area contributed by atoms with Crippen molar-refractivity contribution in [2.75, 3.05) is 0 Å². The van der Waals surface area contributed by atoms with Crippen molar-refractivity contribution in [2.24, 2.45) is 0 Å². The molecule has 0 aromatic heterocycles. The van der Waals surface area contributed by atoms with Crippen LogP contribution in [0.4, 0.5) is 4.79 Å². The van der Waals surface area contributed by atoms with E-state index in [4.69, 9.17) is 0 Å². The molecule has 2 amide bonds. The van der Waals surface area contributed by atoms with Crippen molar-refractivity contribution in [3.8, 4) is 0 Å². The van der Waals surface area contributed by atoms with Crippen molar-refractivity contribution in [3.63, 3.8) is 0 Å². The van der Waals surface area contributed by atoms with Crippen LogP contribution in [0.15, 0.2) is 0 Å². The normalized spacial score (nSPS) is 17.4. The molecule has 0 bridgehead atoms. The summed E-state index contributed by atoms with van der Waals surface area (Å²) in [6.45, 7) is 4.20. The Balaban J connectivity index is 2.20. The summed E-state index contributed by atoms with van der Waals surface area (Å²) in [4.78, 5) is 11.5. The van der Waals surface area contributed by atoms with E-state index in [1.165, 1.54) is 12.8 Å². The molecule has 0 saturated heterocycles. The van der Waals surface area contributed by atoms with Gasteiger partial charge in [-0.05, 0) is 25.7 Å². The van der Waals surface area contributed by atoms with Crippen LogP contribution in [-0.4, -0.2) is 18.1 Å². The summed E-state index contributed by atoms with van der Waals surface area (Å²) >= 11 is 0. The van der Waals surface area contributed by atoms with Gasteiger partial charge in [-0.3, -0.25) is 0 Å². The minimum atomic E-state index is 0.0191. The van der Waals surface area contributed by atoms with Gasteiger partial charge >= 0.3 is 6.03 Å². The second-order valence-electron chi connectivity index (χ2n) is 4.11. The molecule has 0 unspecified atom stereocenters. The number of carbonyl (C=O) groups is 1. The molecule has 3 heteroatoms. The van der Waals surface area contributed by atoms with E-state index >= 15 is 0 Å². The Kier molecular flexibility index (Phi) is 4.77. The summed E-state index contributed by atoms with van der Waals surface area (Å²) in [7, 11) is 0. The first-order chi connectivity index (χ1) is 6.76. The summed E-state index contributed by atoms with van der Waals surface area (Å²) in [5.41, 5.74) is 0. The van der Waals surface area contributed by atoms with Gasteiger partial charge in [0.2, 0.25) is 0 Å². The molecule has 0 aromatic rings. The molecule has 0 aromatic carbocycles. The van der Waals surface area contributed by atoms with Crippen LogP contribution >= 0.6 is 0 Å². The summed E-state index contributed by atoms with van der Waals surface area (Å²) in [6, 6.07) is 0.770. The van der Waals surface area contributed by atoms with E-state index in [2.05, 4.69) is 24.5 Å². The lowest BCUT2D eigenvalue weighted by Gasteiger charge is -2.18. The van der Waals surface area contributed by atoms with Crippen LogP contribution in [0.3, 0.4) is 0 Å². The van der Waals surface area contributed by atoms with Gasteiger partial charge in [-0.1, -0.05) is 26.7 Å². The summed E-state index contributed by atoms with van der Waals surface area (Å²) in [6.07, 6.45) is 6.84. The summed E-state index contributed by atoms with van der Waals surface area (Å²) < 4.78 is 0. The Morgan fingerprint density at radius 3 is 2.36 bits per heavy atom.